The minimum atomic E-state index is -0.118. The Balaban J connectivity index is -0.000000516. The Morgan fingerprint density at radius 1 is 0.590 bits per heavy atom. The number of hydrogen-bond acceptors (Lipinski definition) is 6. The van der Waals surface area contributed by atoms with Crippen molar-refractivity contribution in [3.63, 3.8) is 0 Å². The molecule has 0 rings (SSSR count). The normalized spacial score (nSPS) is 10.5. The second-order valence-electron chi connectivity index (χ2n) is 11.0. The van der Waals surface area contributed by atoms with Gasteiger partial charge in [0.05, 0.1) is 26.1 Å². The molecule has 0 amide bonds. The van der Waals surface area contributed by atoms with Crippen LogP contribution >= 0.6 is 25.3 Å². The van der Waals surface area contributed by atoms with Crippen molar-refractivity contribution in [2.75, 3.05) is 24.7 Å². The van der Waals surface area contributed by atoms with Crippen molar-refractivity contribution in [2.24, 2.45) is 11.8 Å². The summed E-state index contributed by atoms with van der Waals surface area (Å²) in [6.07, 6.45) is 18.7. The molecule has 0 saturated carbocycles. The van der Waals surface area contributed by atoms with Gasteiger partial charge in [0.1, 0.15) is 0 Å². The first-order valence-corrected chi connectivity index (χ1v) is 21.3. The number of esters is 2. The zero-order chi connectivity index (χ0) is 30.0. The predicted octanol–water partition coefficient (Wildman–Crippen LogP) is 10.0. The van der Waals surface area contributed by atoms with Crippen LogP contribution in [0.5, 0.6) is 0 Å². The van der Waals surface area contributed by atoms with Gasteiger partial charge in [0.25, 0.3) is 0 Å². The Morgan fingerprint density at radius 2 is 0.949 bits per heavy atom. The van der Waals surface area contributed by atoms with Gasteiger partial charge in [-0.05, 0) is 24.7 Å². The number of ether oxygens (including phenoxy) is 2. The molecule has 0 atom stereocenters. The molecule has 0 aromatic heterocycles. The van der Waals surface area contributed by atoms with Crippen molar-refractivity contribution in [3.8, 4) is 0 Å². The summed E-state index contributed by atoms with van der Waals surface area (Å²) in [4.78, 5) is 21.9. The maximum atomic E-state index is 11.0. The van der Waals surface area contributed by atoms with Crippen molar-refractivity contribution >= 4 is 58.3 Å². The van der Waals surface area contributed by atoms with Crippen LogP contribution in [0.2, 0.25) is 8.87 Å². The summed E-state index contributed by atoms with van der Waals surface area (Å²) >= 11 is 8.09. The molecule has 0 unspecified atom stereocenters. The number of hydrogen-bond donors (Lipinski definition) is 2. The number of carbonyl (C=O) groups excluding carboxylic acids is 2. The van der Waals surface area contributed by atoms with E-state index in [1.807, 2.05) is 0 Å². The molecular weight excluding hydrogens is 631 g/mol. The van der Waals surface area contributed by atoms with Crippen molar-refractivity contribution in [1.82, 2.24) is 0 Å². The van der Waals surface area contributed by atoms with E-state index < -0.39 is 0 Å². The monoisotopic (exact) mass is 698 g/mol. The van der Waals surface area contributed by atoms with E-state index in [1.54, 1.807) is 8.87 Å². The van der Waals surface area contributed by atoms with Crippen molar-refractivity contribution in [3.05, 3.63) is 0 Å². The second kappa shape index (κ2) is 38.4. The third kappa shape index (κ3) is 48.5. The molecule has 0 saturated heterocycles. The van der Waals surface area contributed by atoms with Crippen molar-refractivity contribution in [1.29, 1.82) is 0 Å². The molecule has 0 aliphatic rings. The fourth-order valence-corrected chi connectivity index (χ4v) is 7.97. The SMILES string of the molecule is CC(C)CCCCCCOC(=O)CCS.CC(C)CCCCCCOC(=O)CCS.CCC[CH2][Sn][CH2]CCC. The van der Waals surface area contributed by atoms with Gasteiger partial charge in [-0.2, -0.15) is 25.3 Å². The average Bonchev–Trinajstić information content (AvgIpc) is 2.88. The zero-order valence-corrected chi connectivity index (χ0v) is 31.4. The summed E-state index contributed by atoms with van der Waals surface area (Å²) in [7, 11) is 0. The molecule has 0 fully saturated rings. The molecule has 0 aromatic carbocycles. The molecule has 0 aromatic rings. The van der Waals surface area contributed by atoms with Gasteiger partial charge in [-0.3, -0.25) is 9.59 Å². The van der Waals surface area contributed by atoms with Gasteiger partial charge in [-0.15, -0.1) is 0 Å². The van der Waals surface area contributed by atoms with E-state index >= 15 is 0 Å². The van der Waals surface area contributed by atoms with Gasteiger partial charge in [-0.1, -0.05) is 79.1 Å². The van der Waals surface area contributed by atoms with Crippen LogP contribution in [0, 0.1) is 11.8 Å². The molecule has 0 aliphatic heterocycles. The number of carbonyl (C=O) groups is 2. The fraction of sp³-hybridized carbons (Fsp3) is 0.938. The summed E-state index contributed by atoms with van der Waals surface area (Å²) in [5, 5.41) is 0. The fourth-order valence-electron chi connectivity index (χ4n) is 3.44. The molecule has 0 heterocycles. The summed E-state index contributed by atoms with van der Waals surface area (Å²) in [5.74, 6) is 2.52. The first kappa shape index (κ1) is 43.9. The van der Waals surface area contributed by atoms with Crippen LogP contribution < -0.4 is 0 Å². The summed E-state index contributed by atoms with van der Waals surface area (Å²) < 4.78 is 13.3. The first-order valence-electron chi connectivity index (χ1n) is 16.0. The van der Waals surface area contributed by atoms with Crippen LogP contribution in [0.3, 0.4) is 0 Å². The van der Waals surface area contributed by atoms with Crippen molar-refractivity contribution in [2.45, 2.75) is 153 Å². The van der Waals surface area contributed by atoms with Crippen LogP contribution in [0.25, 0.3) is 0 Å². The standard InChI is InChI=1S/2C12H24O2S.2C4H9.Sn/c2*1-11(2)7-5-3-4-6-9-14-12(13)8-10-15;2*1-3-4-2;/h2*11,15H,3-10H2,1-2H3;2*1,3-4H2,2H3;. The molecular formula is C32H66O4S2Sn. The Labute approximate surface area is 265 Å². The van der Waals surface area contributed by atoms with Gasteiger partial charge in [0, 0.05) is 11.5 Å². The van der Waals surface area contributed by atoms with Crippen LogP contribution in [0.4, 0.5) is 0 Å². The van der Waals surface area contributed by atoms with E-state index in [0.717, 1.165) is 24.7 Å². The third-order valence-electron chi connectivity index (χ3n) is 5.92. The molecule has 39 heavy (non-hydrogen) atoms. The summed E-state index contributed by atoms with van der Waals surface area (Å²) in [6, 6.07) is 0. The first-order chi connectivity index (χ1) is 18.7. The molecule has 7 heteroatoms. The van der Waals surface area contributed by atoms with Crippen LogP contribution in [0.15, 0.2) is 0 Å². The Bertz CT molecular complexity index is 449. The molecule has 0 spiro atoms. The van der Waals surface area contributed by atoms with Gasteiger partial charge in [0.15, 0.2) is 0 Å². The van der Waals surface area contributed by atoms with E-state index in [2.05, 4.69) is 66.8 Å². The molecule has 0 N–H and O–H groups in total. The average molecular weight is 698 g/mol. The van der Waals surface area contributed by atoms with E-state index in [4.69, 9.17) is 9.47 Å². The number of rotatable bonds is 24. The zero-order valence-electron chi connectivity index (χ0n) is 26.7. The van der Waals surface area contributed by atoms with E-state index in [9.17, 15) is 9.59 Å². The number of unbranched alkanes of at least 4 members (excludes halogenated alkanes) is 8. The molecule has 0 bridgehead atoms. The van der Waals surface area contributed by atoms with E-state index in [-0.39, 0.29) is 33.1 Å². The van der Waals surface area contributed by atoms with Crippen LogP contribution in [0.1, 0.15) is 144 Å². The van der Waals surface area contributed by atoms with Gasteiger partial charge in [0.2, 0.25) is 0 Å². The molecule has 234 valence electrons. The Morgan fingerprint density at radius 3 is 1.26 bits per heavy atom. The van der Waals surface area contributed by atoms with E-state index in [0.29, 0.717) is 37.6 Å². The van der Waals surface area contributed by atoms with Crippen LogP contribution in [-0.2, 0) is 19.1 Å². The van der Waals surface area contributed by atoms with E-state index in [1.165, 1.54) is 77.0 Å². The second-order valence-corrected chi connectivity index (χ2v) is 16.2. The van der Waals surface area contributed by atoms with Gasteiger partial charge >= 0.3 is 81.5 Å². The van der Waals surface area contributed by atoms with Crippen molar-refractivity contribution < 1.29 is 19.1 Å². The summed E-state index contributed by atoms with van der Waals surface area (Å²) in [5.41, 5.74) is 0. The third-order valence-corrected chi connectivity index (χ3v) is 10.4. The summed E-state index contributed by atoms with van der Waals surface area (Å²) in [6.45, 7) is 14.7. The molecule has 2 radical (unpaired) electrons. The molecule has 0 aliphatic carbocycles. The quantitative estimate of drug-likeness (QED) is 0.0457. The molecule has 4 nitrogen and oxygen atoms in total. The van der Waals surface area contributed by atoms with Gasteiger partial charge < -0.3 is 9.47 Å². The van der Waals surface area contributed by atoms with Gasteiger partial charge in [-0.25, -0.2) is 0 Å². The predicted molar refractivity (Wildman–Crippen MR) is 180 cm³/mol. The maximum absolute atomic E-state index is 11.0. The number of thiol groups is 2. The Hall–Kier alpha value is 0.439. The minimum absolute atomic E-state index is 0.118. The Kier molecular flexibility index (Phi) is 43.3. The van der Waals surface area contributed by atoms with Crippen LogP contribution in [-0.4, -0.2) is 57.8 Å². The topological polar surface area (TPSA) is 52.6 Å².